The van der Waals surface area contributed by atoms with E-state index in [1.807, 2.05) is 12.1 Å². The van der Waals surface area contributed by atoms with E-state index in [-0.39, 0.29) is 49.3 Å². The van der Waals surface area contributed by atoms with Gasteiger partial charge in [-0.3, -0.25) is 9.59 Å². The standard InChI is InChI=1S/C42H41F5N4O4/c1-41(2,3)55-40(54)49-23-21-32(22-24-49)50(25-27-11-13-28(14-12-27)29-15-18-31(19-16-29)42(45,46)47)37(52)26-51-35-10-5-4-8-33(35)39(53)48-36(51)20-17-30-7-6-9-34(43)38(30)44/h4-16,18-19,32H,17,20-26H2,1-3H3. The molecule has 1 saturated heterocycles. The van der Waals surface area contributed by atoms with E-state index in [0.29, 0.717) is 48.0 Å². The summed E-state index contributed by atoms with van der Waals surface area (Å²) in [6, 6.07) is 22.5. The van der Waals surface area contributed by atoms with Crippen molar-refractivity contribution in [3.8, 4) is 11.1 Å². The molecular weight excluding hydrogens is 719 g/mol. The minimum absolute atomic E-state index is 0.0285. The molecule has 0 aliphatic carbocycles. The largest absolute Gasteiger partial charge is 0.444 e. The van der Waals surface area contributed by atoms with Crippen LogP contribution in [0.1, 0.15) is 56.1 Å². The lowest BCUT2D eigenvalue weighted by Crippen LogP contribution is -2.50. The molecule has 288 valence electrons. The van der Waals surface area contributed by atoms with Crippen LogP contribution < -0.4 is 5.56 Å². The van der Waals surface area contributed by atoms with Crippen molar-refractivity contribution in [2.75, 3.05) is 13.1 Å². The van der Waals surface area contributed by atoms with E-state index in [0.717, 1.165) is 23.8 Å². The molecule has 1 aliphatic rings. The second-order valence-corrected chi connectivity index (χ2v) is 14.6. The van der Waals surface area contributed by atoms with Crippen LogP contribution in [-0.4, -0.2) is 56.1 Å². The van der Waals surface area contributed by atoms with E-state index in [2.05, 4.69) is 4.98 Å². The van der Waals surface area contributed by atoms with Crippen molar-refractivity contribution in [3.05, 3.63) is 135 Å². The number of rotatable bonds is 9. The van der Waals surface area contributed by atoms with E-state index in [4.69, 9.17) is 4.74 Å². The number of aryl methyl sites for hydroxylation is 2. The molecule has 0 spiro atoms. The van der Waals surface area contributed by atoms with Gasteiger partial charge in [-0.15, -0.1) is 0 Å². The predicted octanol–water partition coefficient (Wildman–Crippen LogP) is 8.57. The van der Waals surface area contributed by atoms with E-state index in [1.54, 1.807) is 71.5 Å². The fourth-order valence-corrected chi connectivity index (χ4v) is 6.81. The van der Waals surface area contributed by atoms with E-state index in [9.17, 15) is 36.3 Å². The number of alkyl halides is 3. The average Bonchev–Trinajstić information content (AvgIpc) is 3.15. The Morgan fingerprint density at radius 3 is 2.11 bits per heavy atom. The van der Waals surface area contributed by atoms with Gasteiger partial charge in [0, 0.05) is 32.1 Å². The summed E-state index contributed by atoms with van der Waals surface area (Å²) in [5, 5.41) is 0.298. The Kier molecular flexibility index (Phi) is 11.4. The molecule has 8 nitrogen and oxygen atoms in total. The average molecular weight is 761 g/mol. The molecule has 55 heavy (non-hydrogen) atoms. The number of nitrogens with zero attached hydrogens (tertiary/aromatic N) is 4. The number of likely N-dealkylation sites (tertiary alicyclic amines) is 1. The molecule has 6 rings (SSSR count). The normalized spacial score (nSPS) is 13.9. The molecule has 1 fully saturated rings. The zero-order chi connectivity index (χ0) is 39.5. The van der Waals surface area contributed by atoms with E-state index in [1.165, 1.54) is 24.3 Å². The summed E-state index contributed by atoms with van der Waals surface area (Å²) in [6.45, 7) is 6.04. The molecule has 13 heteroatoms. The predicted molar refractivity (Wildman–Crippen MR) is 198 cm³/mol. The first kappa shape index (κ1) is 39.1. The number of benzene rings is 4. The van der Waals surface area contributed by atoms with Crippen LogP contribution in [0.2, 0.25) is 0 Å². The third-order valence-corrected chi connectivity index (χ3v) is 9.64. The van der Waals surface area contributed by atoms with Gasteiger partial charge in [-0.1, -0.05) is 60.7 Å². The molecule has 1 aromatic heterocycles. The van der Waals surface area contributed by atoms with Crippen molar-refractivity contribution in [1.29, 1.82) is 0 Å². The monoisotopic (exact) mass is 760 g/mol. The Morgan fingerprint density at radius 1 is 0.836 bits per heavy atom. The quantitative estimate of drug-likeness (QED) is 0.141. The van der Waals surface area contributed by atoms with Gasteiger partial charge < -0.3 is 19.1 Å². The Balaban J connectivity index is 1.29. The van der Waals surface area contributed by atoms with Crippen LogP contribution in [0.5, 0.6) is 0 Å². The smallest absolute Gasteiger partial charge is 0.416 e. The summed E-state index contributed by atoms with van der Waals surface area (Å²) >= 11 is 0. The van der Waals surface area contributed by atoms with Crippen molar-refractivity contribution in [1.82, 2.24) is 19.4 Å². The fraction of sp³-hybridized carbons (Fsp3) is 0.333. The van der Waals surface area contributed by atoms with Crippen LogP contribution in [0.25, 0.3) is 22.0 Å². The number of carbonyl (C=O) groups is 2. The molecule has 2 amide bonds. The molecule has 4 aromatic carbocycles. The Hall–Kier alpha value is -5.59. The lowest BCUT2D eigenvalue weighted by molar-refractivity contribution is -0.137. The van der Waals surface area contributed by atoms with Gasteiger partial charge in [0.1, 0.15) is 18.0 Å². The van der Waals surface area contributed by atoms with Gasteiger partial charge in [0.2, 0.25) is 5.91 Å². The fourth-order valence-electron chi connectivity index (χ4n) is 6.81. The summed E-state index contributed by atoms with van der Waals surface area (Å²) in [7, 11) is 0. The zero-order valence-electron chi connectivity index (χ0n) is 30.7. The Morgan fingerprint density at radius 2 is 1.47 bits per heavy atom. The van der Waals surface area contributed by atoms with Crippen LogP contribution in [0, 0.1) is 11.6 Å². The van der Waals surface area contributed by atoms with Gasteiger partial charge >= 0.3 is 12.3 Å². The first-order valence-corrected chi connectivity index (χ1v) is 18.0. The topological polar surface area (TPSA) is 84.7 Å². The van der Waals surface area contributed by atoms with Gasteiger partial charge in [-0.25, -0.2) is 13.6 Å². The number of para-hydroxylation sites is 1. The van der Waals surface area contributed by atoms with Crippen LogP contribution in [-0.2, 0) is 41.6 Å². The highest BCUT2D eigenvalue weighted by Crippen LogP contribution is 2.31. The number of halogens is 5. The third kappa shape index (κ3) is 9.38. The molecular formula is C42H41F5N4O4. The van der Waals surface area contributed by atoms with Gasteiger partial charge in [0.05, 0.1) is 16.5 Å². The number of hydrogen-bond acceptors (Lipinski definition) is 5. The summed E-state index contributed by atoms with van der Waals surface area (Å²) in [5.74, 6) is -2.03. The minimum atomic E-state index is -4.45. The van der Waals surface area contributed by atoms with Crippen LogP contribution in [0.4, 0.5) is 26.7 Å². The lowest BCUT2D eigenvalue weighted by Gasteiger charge is -2.39. The number of piperidine rings is 1. The second-order valence-electron chi connectivity index (χ2n) is 14.6. The van der Waals surface area contributed by atoms with Crippen molar-refractivity contribution in [2.24, 2.45) is 0 Å². The third-order valence-electron chi connectivity index (χ3n) is 9.64. The van der Waals surface area contributed by atoms with Gasteiger partial charge in [0.25, 0.3) is 5.56 Å². The van der Waals surface area contributed by atoms with E-state index >= 15 is 0 Å². The number of ether oxygens (including phenoxy) is 1. The number of carbonyl (C=O) groups excluding carboxylic acids is 2. The maximum atomic E-state index is 14.6. The zero-order valence-corrected chi connectivity index (χ0v) is 30.7. The van der Waals surface area contributed by atoms with E-state index < -0.39 is 40.6 Å². The maximum absolute atomic E-state index is 14.6. The highest BCUT2D eigenvalue weighted by atomic mass is 19.4. The molecule has 0 radical (unpaired) electrons. The highest BCUT2D eigenvalue weighted by molar-refractivity contribution is 5.82. The first-order chi connectivity index (χ1) is 26.1. The maximum Gasteiger partial charge on any atom is 0.416 e. The Labute approximate surface area is 315 Å². The number of hydrogen-bond donors (Lipinski definition) is 0. The number of amides is 2. The van der Waals surface area contributed by atoms with Gasteiger partial charge in [0.15, 0.2) is 11.6 Å². The molecule has 0 bridgehead atoms. The minimum Gasteiger partial charge on any atom is -0.444 e. The summed E-state index contributed by atoms with van der Waals surface area (Å²) in [4.78, 5) is 48.2. The summed E-state index contributed by atoms with van der Waals surface area (Å²) in [5.41, 5.74) is 0.724. The SMILES string of the molecule is CC(C)(C)OC(=O)N1CCC(N(Cc2ccc(-c3ccc(C(F)(F)F)cc3)cc2)C(=O)Cn2c(CCc3cccc(F)c3F)nc(=O)c3ccccc32)CC1. The molecule has 0 unspecified atom stereocenters. The van der Waals surface area contributed by atoms with Crippen LogP contribution in [0.3, 0.4) is 0 Å². The lowest BCUT2D eigenvalue weighted by atomic mass is 10.00. The molecule has 5 aromatic rings. The highest BCUT2D eigenvalue weighted by Gasteiger charge is 2.33. The first-order valence-electron chi connectivity index (χ1n) is 18.0. The van der Waals surface area contributed by atoms with Crippen molar-refractivity contribution in [2.45, 2.75) is 77.4 Å². The Bertz CT molecular complexity index is 2220. The molecule has 0 N–H and O–H groups in total. The van der Waals surface area contributed by atoms with Crippen molar-refractivity contribution in [3.63, 3.8) is 0 Å². The molecule has 2 heterocycles. The molecule has 1 aliphatic heterocycles. The second kappa shape index (κ2) is 16.0. The summed E-state index contributed by atoms with van der Waals surface area (Å²) in [6.07, 6.45) is -3.88. The number of fused-ring (bicyclic) bond motifs is 1. The van der Waals surface area contributed by atoms with Crippen LogP contribution in [0.15, 0.2) is 95.8 Å². The molecule has 0 saturated carbocycles. The number of aromatic nitrogens is 2. The van der Waals surface area contributed by atoms with Crippen LogP contribution >= 0.6 is 0 Å². The molecule has 0 atom stereocenters. The van der Waals surface area contributed by atoms with Gasteiger partial charge in [-0.05, 0) is 92.6 Å². The van der Waals surface area contributed by atoms with Gasteiger partial charge in [-0.2, -0.15) is 18.2 Å². The summed E-state index contributed by atoms with van der Waals surface area (Å²) < 4.78 is 75.2. The van der Waals surface area contributed by atoms with Crippen molar-refractivity contribution >= 4 is 22.9 Å². The van der Waals surface area contributed by atoms with Crippen molar-refractivity contribution < 1.29 is 36.3 Å².